The minimum absolute atomic E-state index is 0.108. The van der Waals surface area contributed by atoms with Crippen molar-refractivity contribution in [1.82, 2.24) is 9.36 Å². The van der Waals surface area contributed by atoms with Crippen LogP contribution in [0.25, 0.3) is 0 Å². The second-order valence-electron chi connectivity index (χ2n) is 4.18. The highest BCUT2D eigenvalue weighted by Gasteiger charge is 2.36. The van der Waals surface area contributed by atoms with Gasteiger partial charge in [-0.1, -0.05) is 6.92 Å². The Kier molecular flexibility index (Phi) is 3.21. The third-order valence-corrected chi connectivity index (χ3v) is 3.60. The highest BCUT2D eigenvalue weighted by atomic mass is 32.1. The van der Waals surface area contributed by atoms with Crippen molar-refractivity contribution in [1.29, 1.82) is 0 Å². The summed E-state index contributed by atoms with van der Waals surface area (Å²) in [6.45, 7) is 2.31. The molecule has 1 heterocycles. The van der Waals surface area contributed by atoms with Crippen molar-refractivity contribution in [2.45, 2.75) is 44.6 Å². The molecule has 1 aromatic heterocycles. The molecule has 84 valence electrons. The van der Waals surface area contributed by atoms with E-state index in [9.17, 15) is 5.11 Å². The Morgan fingerprint density at radius 1 is 1.53 bits per heavy atom. The van der Waals surface area contributed by atoms with Crippen molar-refractivity contribution in [3.05, 3.63) is 5.82 Å². The Labute approximate surface area is 93.9 Å². The van der Waals surface area contributed by atoms with Gasteiger partial charge in [0.1, 0.15) is 5.82 Å². The molecule has 1 aromatic rings. The zero-order valence-corrected chi connectivity index (χ0v) is 9.81. The minimum atomic E-state index is -0.108. The van der Waals surface area contributed by atoms with Crippen LogP contribution in [0.5, 0.6) is 0 Å². The van der Waals surface area contributed by atoms with Gasteiger partial charge >= 0.3 is 0 Å². The van der Waals surface area contributed by atoms with Crippen molar-refractivity contribution >= 4 is 16.7 Å². The molecular weight excluding hydrogens is 210 g/mol. The summed E-state index contributed by atoms with van der Waals surface area (Å²) in [4.78, 5) is 4.40. The number of nitrogens with zero attached hydrogens (tertiary/aromatic N) is 2. The molecule has 0 unspecified atom stereocenters. The largest absolute Gasteiger partial charge is 0.394 e. The topological polar surface area (TPSA) is 58.0 Å². The zero-order chi connectivity index (χ0) is 10.7. The van der Waals surface area contributed by atoms with Crippen molar-refractivity contribution in [2.24, 2.45) is 0 Å². The number of anilines is 1. The van der Waals surface area contributed by atoms with Gasteiger partial charge < -0.3 is 10.4 Å². The van der Waals surface area contributed by atoms with Gasteiger partial charge in [-0.25, -0.2) is 4.98 Å². The third kappa shape index (κ3) is 2.29. The zero-order valence-electron chi connectivity index (χ0n) is 8.99. The number of aryl methyl sites for hydroxylation is 1. The second-order valence-corrected chi connectivity index (χ2v) is 4.93. The first-order valence-corrected chi connectivity index (χ1v) is 6.27. The molecule has 0 saturated heterocycles. The highest BCUT2D eigenvalue weighted by molar-refractivity contribution is 7.09. The van der Waals surface area contributed by atoms with E-state index >= 15 is 0 Å². The van der Waals surface area contributed by atoms with Crippen LogP contribution in [0.1, 0.15) is 38.4 Å². The SMILES string of the molecule is CCCc1nsc(NC2(CO)CCC2)n1. The fourth-order valence-electron chi connectivity index (χ4n) is 1.78. The standard InChI is InChI=1S/C10H17N3OS/c1-2-4-8-11-9(15-13-8)12-10(7-14)5-3-6-10/h14H,2-7H2,1H3,(H,11,12,13). The molecule has 0 amide bonds. The molecule has 0 atom stereocenters. The first-order chi connectivity index (χ1) is 7.28. The Morgan fingerprint density at radius 2 is 2.33 bits per heavy atom. The first kappa shape index (κ1) is 10.8. The highest BCUT2D eigenvalue weighted by Crippen LogP contribution is 2.35. The van der Waals surface area contributed by atoms with Crippen molar-refractivity contribution in [2.75, 3.05) is 11.9 Å². The van der Waals surface area contributed by atoms with Crippen LogP contribution in [-0.4, -0.2) is 26.6 Å². The summed E-state index contributed by atoms with van der Waals surface area (Å²) < 4.78 is 4.27. The van der Waals surface area contributed by atoms with Crippen molar-refractivity contribution < 1.29 is 5.11 Å². The Hall–Kier alpha value is -0.680. The number of rotatable bonds is 5. The maximum Gasteiger partial charge on any atom is 0.203 e. The summed E-state index contributed by atoms with van der Waals surface area (Å²) in [5, 5.41) is 13.5. The first-order valence-electron chi connectivity index (χ1n) is 5.50. The number of aromatic nitrogens is 2. The minimum Gasteiger partial charge on any atom is -0.394 e. The Balaban J connectivity index is 1.97. The molecule has 0 bridgehead atoms. The van der Waals surface area contributed by atoms with E-state index in [0.29, 0.717) is 0 Å². The summed E-state index contributed by atoms with van der Waals surface area (Å²) in [6.07, 6.45) is 5.26. The Morgan fingerprint density at radius 3 is 2.87 bits per heavy atom. The fourth-order valence-corrected chi connectivity index (χ4v) is 2.52. The van der Waals surface area contributed by atoms with Gasteiger partial charge in [-0.2, -0.15) is 4.37 Å². The van der Waals surface area contributed by atoms with E-state index in [0.717, 1.165) is 36.6 Å². The van der Waals surface area contributed by atoms with Crippen LogP contribution in [0.4, 0.5) is 5.13 Å². The summed E-state index contributed by atoms with van der Waals surface area (Å²) in [7, 11) is 0. The molecular formula is C10H17N3OS. The monoisotopic (exact) mass is 227 g/mol. The molecule has 15 heavy (non-hydrogen) atoms. The molecule has 5 heteroatoms. The van der Waals surface area contributed by atoms with Crippen LogP contribution >= 0.6 is 11.5 Å². The van der Waals surface area contributed by atoms with E-state index in [1.165, 1.54) is 18.0 Å². The summed E-state index contributed by atoms with van der Waals surface area (Å²) in [5.74, 6) is 0.914. The fraction of sp³-hybridized carbons (Fsp3) is 0.800. The predicted octanol–water partition coefficient (Wildman–Crippen LogP) is 1.82. The Bertz CT molecular complexity index is 317. The molecule has 1 fully saturated rings. The lowest BCUT2D eigenvalue weighted by molar-refractivity contribution is 0.144. The number of aliphatic hydroxyl groups is 1. The van der Waals surface area contributed by atoms with Gasteiger partial charge in [-0.05, 0) is 25.7 Å². The molecule has 0 radical (unpaired) electrons. The lowest BCUT2D eigenvalue weighted by Gasteiger charge is -2.40. The van der Waals surface area contributed by atoms with Crippen molar-refractivity contribution in [3.63, 3.8) is 0 Å². The lowest BCUT2D eigenvalue weighted by atomic mass is 9.77. The van der Waals surface area contributed by atoms with E-state index in [-0.39, 0.29) is 12.1 Å². The summed E-state index contributed by atoms with van der Waals surface area (Å²) >= 11 is 1.40. The van der Waals surface area contributed by atoms with Gasteiger partial charge in [-0.3, -0.25) is 0 Å². The molecule has 1 aliphatic rings. The average Bonchev–Trinajstić information content (AvgIpc) is 2.60. The smallest absolute Gasteiger partial charge is 0.203 e. The van der Waals surface area contributed by atoms with E-state index < -0.39 is 0 Å². The van der Waals surface area contributed by atoms with Crippen LogP contribution in [0, 0.1) is 0 Å². The van der Waals surface area contributed by atoms with Crippen LogP contribution in [0.15, 0.2) is 0 Å². The van der Waals surface area contributed by atoms with Gasteiger partial charge in [0, 0.05) is 18.0 Å². The van der Waals surface area contributed by atoms with Gasteiger partial charge in [0.2, 0.25) is 5.13 Å². The lowest BCUT2D eigenvalue weighted by Crippen LogP contribution is -2.48. The average molecular weight is 227 g/mol. The predicted molar refractivity (Wildman–Crippen MR) is 61.2 cm³/mol. The van der Waals surface area contributed by atoms with Crippen LogP contribution in [-0.2, 0) is 6.42 Å². The number of aliphatic hydroxyl groups excluding tert-OH is 1. The summed E-state index contributed by atoms with van der Waals surface area (Å²) in [5.41, 5.74) is -0.108. The summed E-state index contributed by atoms with van der Waals surface area (Å²) in [6, 6.07) is 0. The normalized spacial score (nSPS) is 18.5. The molecule has 2 N–H and O–H groups in total. The molecule has 2 rings (SSSR count). The van der Waals surface area contributed by atoms with E-state index in [4.69, 9.17) is 0 Å². The van der Waals surface area contributed by atoms with Gasteiger partial charge in [-0.15, -0.1) is 0 Å². The van der Waals surface area contributed by atoms with Gasteiger partial charge in [0.15, 0.2) is 0 Å². The van der Waals surface area contributed by atoms with Gasteiger partial charge in [0.05, 0.1) is 12.1 Å². The van der Waals surface area contributed by atoms with Crippen LogP contribution in [0.2, 0.25) is 0 Å². The second kappa shape index (κ2) is 4.45. The van der Waals surface area contributed by atoms with Gasteiger partial charge in [0.25, 0.3) is 0 Å². The third-order valence-electron chi connectivity index (χ3n) is 2.93. The van der Waals surface area contributed by atoms with Crippen molar-refractivity contribution in [3.8, 4) is 0 Å². The molecule has 0 aromatic carbocycles. The van der Waals surface area contributed by atoms with Crippen LogP contribution in [0.3, 0.4) is 0 Å². The maximum absolute atomic E-state index is 9.30. The maximum atomic E-state index is 9.30. The van der Waals surface area contributed by atoms with E-state index in [2.05, 4.69) is 21.6 Å². The molecule has 1 aliphatic carbocycles. The number of nitrogens with one attached hydrogen (secondary N) is 1. The number of hydrogen-bond donors (Lipinski definition) is 2. The van der Waals surface area contributed by atoms with Crippen LogP contribution < -0.4 is 5.32 Å². The molecule has 0 aliphatic heterocycles. The molecule has 4 nitrogen and oxygen atoms in total. The quantitative estimate of drug-likeness (QED) is 0.805. The number of hydrogen-bond acceptors (Lipinski definition) is 5. The molecule has 1 saturated carbocycles. The van der Waals surface area contributed by atoms with E-state index in [1.54, 1.807) is 0 Å². The van der Waals surface area contributed by atoms with E-state index in [1.807, 2.05) is 0 Å². The molecule has 0 spiro atoms.